The lowest BCUT2D eigenvalue weighted by Crippen LogP contribution is -2.63. The van der Waals surface area contributed by atoms with Crippen LogP contribution < -0.4 is 5.32 Å². The number of nitrogens with zero attached hydrogens (tertiary/aromatic N) is 1. The van der Waals surface area contributed by atoms with Crippen LogP contribution in [0.15, 0.2) is 0 Å². The highest BCUT2D eigenvalue weighted by Gasteiger charge is 2.44. The molecule has 0 radical (unpaired) electrons. The van der Waals surface area contributed by atoms with Gasteiger partial charge in [-0.1, -0.05) is 19.3 Å². The number of hydrogen-bond donors (Lipinski definition) is 1. The second-order valence-electron chi connectivity index (χ2n) is 4.93. The molecule has 1 saturated heterocycles. The predicted octanol–water partition coefficient (Wildman–Crippen LogP) is 0.944. The Morgan fingerprint density at radius 2 is 1.94 bits per heavy atom. The minimum Gasteiger partial charge on any atom is -0.314 e. The van der Waals surface area contributed by atoms with Crippen molar-refractivity contribution in [3.8, 4) is 0 Å². The second kappa shape index (κ2) is 4.63. The molecule has 5 heteroatoms. The van der Waals surface area contributed by atoms with Gasteiger partial charge in [0.15, 0.2) is 0 Å². The molecular formula is C11H22N2O2S. The van der Waals surface area contributed by atoms with Crippen molar-refractivity contribution in [2.45, 2.75) is 44.6 Å². The predicted molar refractivity (Wildman–Crippen MR) is 64.9 cm³/mol. The Morgan fingerprint density at radius 3 is 2.56 bits per heavy atom. The zero-order valence-corrected chi connectivity index (χ0v) is 10.9. The fourth-order valence-corrected chi connectivity index (χ4v) is 4.57. The molecule has 1 aliphatic carbocycles. The highest BCUT2D eigenvalue weighted by atomic mass is 32.2. The average Bonchev–Trinajstić information content (AvgIpc) is 2.30. The Balaban J connectivity index is 2.26. The van der Waals surface area contributed by atoms with Gasteiger partial charge < -0.3 is 5.32 Å². The van der Waals surface area contributed by atoms with Crippen LogP contribution in [-0.2, 0) is 10.0 Å². The zero-order chi connectivity index (χ0) is 11.6. The van der Waals surface area contributed by atoms with E-state index in [9.17, 15) is 8.42 Å². The molecule has 0 unspecified atom stereocenters. The summed E-state index contributed by atoms with van der Waals surface area (Å²) in [6, 6.07) is 0. The van der Waals surface area contributed by atoms with Crippen molar-refractivity contribution in [2.24, 2.45) is 0 Å². The van der Waals surface area contributed by atoms with Crippen LogP contribution in [0.1, 0.15) is 39.0 Å². The number of nitrogens with one attached hydrogen (secondary N) is 1. The Bertz CT molecular complexity index is 326. The Labute approximate surface area is 98.4 Å². The molecule has 0 aromatic heterocycles. The normalized spacial score (nSPS) is 27.1. The van der Waals surface area contributed by atoms with E-state index in [2.05, 4.69) is 5.32 Å². The molecular weight excluding hydrogens is 224 g/mol. The molecule has 4 nitrogen and oxygen atoms in total. The summed E-state index contributed by atoms with van der Waals surface area (Å²) in [6.07, 6.45) is 5.63. The fraction of sp³-hybridized carbons (Fsp3) is 1.00. The summed E-state index contributed by atoms with van der Waals surface area (Å²) in [4.78, 5) is 0. The van der Waals surface area contributed by atoms with Gasteiger partial charge in [0.25, 0.3) is 0 Å². The third-order valence-corrected chi connectivity index (χ3v) is 5.93. The summed E-state index contributed by atoms with van der Waals surface area (Å²) in [5.41, 5.74) is -0.106. The lowest BCUT2D eigenvalue weighted by molar-refractivity contribution is 0.101. The minimum absolute atomic E-state index is 0.106. The Hall–Kier alpha value is -0.130. The molecule has 1 heterocycles. The van der Waals surface area contributed by atoms with Crippen LogP contribution >= 0.6 is 0 Å². The van der Waals surface area contributed by atoms with Crippen LogP contribution in [0, 0.1) is 0 Å². The standard InChI is InChI=1S/C11H22N2O2S/c1-2-16(14,15)13-9-8-12-10-11(13)6-4-3-5-7-11/h12H,2-10H2,1H3. The first-order chi connectivity index (χ1) is 7.61. The highest BCUT2D eigenvalue weighted by Crippen LogP contribution is 2.36. The van der Waals surface area contributed by atoms with Crippen LogP contribution in [0.4, 0.5) is 0 Å². The molecule has 94 valence electrons. The van der Waals surface area contributed by atoms with E-state index in [1.807, 2.05) is 0 Å². The van der Waals surface area contributed by atoms with Crippen molar-refractivity contribution < 1.29 is 8.42 Å². The van der Waals surface area contributed by atoms with E-state index in [1.165, 1.54) is 6.42 Å². The van der Waals surface area contributed by atoms with Gasteiger partial charge in [0, 0.05) is 25.2 Å². The first kappa shape index (κ1) is 12.3. The van der Waals surface area contributed by atoms with Gasteiger partial charge in [-0.05, 0) is 19.8 Å². The van der Waals surface area contributed by atoms with Crippen LogP contribution in [0.2, 0.25) is 0 Å². The van der Waals surface area contributed by atoms with Crippen molar-refractivity contribution in [3.63, 3.8) is 0 Å². The Morgan fingerprint density at radius 1 is 1.25 bits per heavy atom. The smallest absolute Gasteiger partial charge is 0.214 e. The van der Waals surface area contributed by atoms with Gasteiger partial charge in [-0.25, -0.2) is 8.42 Å². The Kier molecular flexibility index (Phi) is 3.56. The molecule has 0 atom stereocenters. The number of piperazine rings is 1. The first-order valence-electron chi connectivity index (χ1n) is 6.32. The fourth-order valence-electron chi connectivity index (χ4n) is 3.05. The van der Waals surface area contributed by atoms with Gasteiger partial charge in [-0.2, -0.15) is 4.31 Å². The largest absolute Gasteiger partial charge is 0.314 e. The topological polar surface area (TPSA) is 49.4 Å². The van der Waals surface area contributed by atoms with Crippen LogP contribution in [-0.4, -0.2) is 43.6 Å². The van der Waals surface area contributed by atoms with E-state index in [-0.39, 0.29) is 11.3 Å². The number of rotatable bonds is 2. The van der Waals surface area contributed by atoms with Crippen LogP contribution in [0.5, 0.6) is 0 Å². The molecule has 1 saturated carbocycles. The highest BCUT2D eigenvalue weighted by molar-refractivity contribution is 7.89. The van der Waals surface area contributed by atoms with E-state index in [0.717, 1.165) is 38.8 Å². The van der Waals surface area contributed by atoms with E-state index >= 15 is 0 Å². The second-order valence-corrected chi connectivity index (χ2v) is 7.12. The molecule has 0 amide bonds. The van der Waals surface area contributed by atoms with Gasteiger partial charge in [0.05, 0.1) is 5.75 Å². The summed E-state index contributed by atoms with van der Waals surface area (Å²) < 4.78 is 26.1. The first-order valence-corrected chi connectivity index (χ1v) is 7.93. The van der Waals surface area contributed by atoms with Gasteiger partial charge >= 0.3 is 0 Å². The van der Waals surface area contributed by atoms with Crippen molar-refractivity contribution in [3.05, 3.63) is 0 Å². The number of hydrogen-bond acceptors (Lipinski definition) is 3. The maximum atomic E-state index is 12.1. The van der Waals surface area contributed by atoms with Gasteiger partial charge in [0.2, 0.25) is 10.0 Å². The average molecular weight is 246 g/mol. The van der Waals surface area contributed by atoms with Crippen molar-refractivity contribution in [2.75, 3.05) is 25.4 Å². The third-order valence-electron chi connectivity index (χ3n) is 3.96. The quantitative estimate of drug-likeness (QED) is 0.789. The monoisotopic (exact) mass is 246 g/mol. The summed E-state index contributed by atoms with van der Waals surface area (Å²) in [5, 5.41) is 3.37. The van der Waals surface area contributed by atoms with E-state index in [1.54, 1.807) is 11.2 Å². The summed E-state index contributed by atoms with van der Waals surface area (Å²) in [6.45, 7) is 4.03. The SMILES string of the molecule is CCS(=O)(=O)N1CCNCC12CCCCC2. The summed E-state index contributed by atoms with van der Waals surface area (Å²) >= 11 is 0. The molecule has 0 aromatic carbocycles. The van der Waals surface area contributed by atoms with E-state index in [4.69, 9.17) is 0 Å². The molecule has 0 bridgehead atoms. The number of sulfonamides is 1. The molecule has 1 spiro atoms. The van der Waals surface area contributed by atoms with Crippen molar-refractivity contribution in [1.29, 1.82) is 0 Å². The maximum absolute atomic E-state index is 12.1. The molecule has 16 heavy (non-hydrogen) atoms. The van der Waals surface area contributed by atoms with Crippen LogP contribution in [0.3, 0.4) is 0 Å². The molecule has 2 fully saturated rings. The van der Waals surface area contributed by atoms with Gasteiger partial charge in [-0.15, -0.1) is 0 Å². The molecule has 2 aliphatic rings. The molecule has 2 rings (SSSR count). The van der Waals surface area contributed by atoms with Crippen molar-refractivity contribution in [1.82, 2.24) is 9.62 Å². The maximum Gasteiger partial charge on any atom is 0.214 e. The van der Waals surface area contributed by atoms with Crippen molar-refractivity contribution >= 4 is 10.0 Å². The summed E-state index contributed by atoms with van der Waals surface area (Å²) in [5.74, 6) is 0.231. The van der Waals surface area contributed by atoms with E-state index < -0.39 is 10.0 Å². The van der Waals surface area contributed by atoms with Gasteiger partial charge in [0.1, 0.15) is 0 Å². The third kappa shape index (κ3) is 2.13. The summed E-state index contributed by atoms with van der Waals surface area (Å²) in [7, 11) is -3.04. The van der Waals surface area contributed by atoms with E-state index in [0.29, 0.717) is 6.54 Å². The zero-order valence-electron chi connectivity index (χ0n) is 10.0. The molecule has 1 N–H and O–H groups in total. The van der Waals surface area contributed by atoms with Crippen LogP contribution in [0.25, 0.3) is 0 Å². The van der Waals surface area contributed by atoms with Gasteiger partial charge in [-0.3, -0.25) is 0 Å². The molecule has 1 aliphatic heterocycles. The molecule has 0 aromatic rings. The lowest BCUT2D eigenvalue weighted by Gasteiger charge is -2.48. The lowest BCUT2D eigenvalue weighted by atomic mass is 9.80. The minimum atomic E-state index is -3.04.